The second-order valence-corrected chi connectivity index (χ2v) is 4.53. The Labute approximate surface area is 111 Å². The van der Waals surface area contributed by atoms with Gasteiger partial charge in [-0.15, -0.1) is 0 Å². The van der Waals surface area contributed by atoms with Crippen LogP contribution in [0.25, 0.3) is 0 Å². The highest BCUT2D eigenvalue weighted by atomic mass is 16.6. The predicted molar refractivity (Wildman–Crippen MR) is 71.7 cm³/mol. The molecule has 6 nitrogen and oxygen atoms in total. The molecule has 0 amide bonds. The Morgan fingerprint density at radius 1 is 1.53 bits per heavy atom. The summed E-state index contributed by atoms with van der Waals surface area (Å²) in [6.45, 7) is 3.90. The van der Waals surface area contributed by atoms with E-state index in [9.17, 15) is 10.1 Å². The van der Waals surface area contributed by atoms with Gasteiger partial charge >= 0.3 is 0 Å². The van der Waals surface area contributed by atoms with Crippen molar-refractivity contribution >= 4 is 11.4 Å². The van der Waals surface area contributed by atoms with Crippen LogP contribution in [0.3, 0.4) is 0 Å². The molecule has 1 aromatic rings. The Kier molecular flexibility index (Phi) is 4.57. The molecule has 1 saturated heterocycles. The van der Waals surface area contributed by atoms with Crippen LogP contribution in [0.2, 0.25) is 0 Å². The quantitative estimate of drug-likeness (QED) is 0.632. The van der Waals surface area contributed by atoms with Crippen LogP contribution in [0.4, 0.5) is 11.4 Å². The summed E-state index contributed by atoms with van der Waals surface area (Å²) in [5, 5.41) is 14.2. The first-order valence-corrected chi connectivity index (χ1v) is 6.45. The Hall–Kier alpha value is -1.82. The highest BCUT2D eigenvalue weighted by Crippen LogP contribution is 2.27. The average Bonchev–Trinajstić information content (AvgIpc) is 2.89. The first-order chi connectivity index (χ1) is 9.19. The third-order valence-electron chi connectivity index (χ3n) is 2.88. The van der Waals surface area contributed by atoms with E-state index in [1.165, 1.54) is 12.1 Å². The van der Waals surface area contributed by atoms with Crippen molar-refractivity contribution in [3.05, 3.63) is 28.3 Å². The van der Waals surface area contributed by atoms with Crippen molar-refractivity contribution in [3.8, 4) is 5.75 Å². The first kappa shape index (κ1) is 13.6. The van der Waals surface area contributed by atoms with Crippen molar-refractivity contribution < 1.29 is 14.4 Å². The molecule has 1 atom stereocenters. The van der Waals surface area contributed by atoms with Gasteiger partial charge in [0.15, 0.2) is 0 Å². The molecule has 0 saturated carbocycles. The van der Waals surface area contributed by atoms with Gasteiger partial charge in [-0.25, -0.2) is 0 Å². The van der Waals surface area contributed by atoms with Gasteiger partial charge in [-0.1, -0.05) is 6.92 Å². The number of anilines is 1. The minimum atomic E-state index is -0.408. The smallest absolute Gasteiger partial charge is 0.275 e. The van der Waals surface area contributed by atoms with E-state index in [1.807, 2.05) is 6.92 Å². The number of non-ortho nitro benzene ring substituents is 1. The second-order valence-electron chi connectivity index (χ2n) is 4.53. The molecule has 0 bridgehead atoms. The van der Waals surface area contributed by atoms with Crippen molar-refractivity contribution in [2.24, 2.45) is 0 Å². The van der Waals surface area contributed by atoms with Gasteiger partial charge in [-0.3, -0.25) is 10.1 Å². The predicted octanol–water partition coefficient (Wildman–Crippen LogP) is 2.58. The number of nitrogens with zero attached hydrogens (tertiary/aromatic N) is 1. The van der Waals surface area contributed by atoms with Crippen LogP contribution in [-0.2, 0) is 4.74 Å². The number of nitro groups is 1. The van der Waals surface area contributed by atoms with Crippen LogP contribution in [0.15, 0.2) is 18.2 Å². The molecule has 1 fully saturated rings. The SMILES string of the molecule is CCCOc1cc(NC2CCOC2)cc([N+](=O)[O-])c1. The van der Waals surface area contributed by atoms with E-state index in [1.54, 1.807) is 6.07 Å². The maximum absolute atomic E-state index is 10.9. The molecule has 0 aromatic heterocycles. The number of hydrogen-bond acceptors (Lipinski definition) is 5. The van der Waals surface area contributed by atoms with Crippen molar-refractivity contribution in [1.29, 1.82) is 0 Å². The molecular formula is C13H18N2O4. The molecule has 104 valence electrons. The van der Waals surface area contributed by atoms with Gasteiger partial charge in [0.1, 0.15) is 5.75 Å². The summed E-state index contributed by atoms with van der Waals surface area (Å²) in [7, 11) is 0. The molecule has 2 rings (SSSR count). The average molecular weight is 266 g/mol. The number of nitro benzene ring substituents is 1. The fourth-order valence-electron chi connectivity index (χ4n) is 1.96. The third kappa shape index (κ3) is 3.82. The van der Waals surface area contributed by atoms with E-state index in [-0.39, 0.29) is 11.7 Å². The Morgan fingerprint density at radius 2 is 2.37 bits per heavy atom. The molecule has 0 radical (unpaired) electrons. The molecule has 1 unspecified atom stereocenters. The zero-order chi connectivity index (χ0) is 13.7. The van der Waals surface area contributed by atoms with Gasteiger partial charge in [0.05, 0.1) is 30.2 Å². The van der Waals surface area contributed by atoms with Crippen LogP contribution in [0.5, 0.6) is 5.75 Å². The van der Waals surface area contributed by atoms with E-state index in [4.69, 9.17) is 9.47 Å². The molecule has 1 heterocycles. The van der Waals surface area contributed by atoms with E-state index >= 15 is 0 Å². The van der Waals surface area contributed by atoms with Gasteiger partial charge in [0, 0.05) is 24.4 Å². The molecule has 6 heteroatoms. The second kappa shape index (κ2) is 6.38. The van der Waals surface area contributed by atoms with Gasteiger partial charge in [-0.2, -0.15) is 0 Å². The molecule has 19 heavy (non-hydrogen) atoms. The van der Waals surface area contributed by atoms with Crippen molar-refractivity contribution in [2.75, 3.05) is 25.1 Å². The number of ether oxygens (including phenoxy) is 2. The minimum Gasteiger partial charge on any atom is -0.493 e. The standard InChI is InChI=1S/C13H18N2O4/c1-2-4-19-13-7-11(6-12(8-13)15(16)17)14-10-3-5-18-9-10/h6-8,10,14H,2-5,9H2,1H3. The van der Waals surface area contributed by atoms with E-state index < -0.39 is 4.92 Å². The van der Waals surface area contributed by atoms with Crippen molar-refractivity contribution in [1.82, 2.24) is 0 Å². The van der Waals surface area contributed by atoms with Crippen LogP contribution in [0.1, 0.15) is 19.8 Å². The molecule has 1 aliphatic heterocycles. The first-order valence-electron chi connectivity index (χ1n) is 6.45. The molecule has 0 spiro atoms. The lowest BCUT2D eigenvalue weighted by atomic mass is 10.2. The maximum atomic E-state index is 10.9. The number of rotatable bonds is 6. The lowest BCUT2D eigenvalue weighted by Crippen LogP contribution is -2.18. The monoisotopic (exact) mass is 266 g/mol. The minimum absolute atomic E-state index is 0.0371. The van der Waals surface area contributed by atoms with E-state index in [2.05, 4.69) is 5.32 Å². The fraction of sp³-hybridized carbons (Fsp3) is 0.538. The lowest BCUT2D eigenvalue weighted by molar-refractivity contribution is -0.384. The summed E-state index contributed by atoms with van der Waals surface area (Å²) < 4.78 is 10.7. The summed E-state index contributed by atoms with van der Waals surface area (Å²) >= 11 is 0. The number of hydrogen-bond donors (Lipinski definition) is 1. The zero-order valence-corrected chi connectivity index (χ0v) is 10.9. The third-order valence-corrected chi connectivity index (χ3v) is 2.88. The Bertz CT molecular complexity index is 444. The van der Waals surface area contributed by atoms with Gasteiger partial charge in [-0.05, 0) is 12.8 Å². The fourth-order valence-corrected chi connectivity index (χ4v) is 1.96. The lowest BCUT2D eigenvalue weighted by Gasteiger charge is -2.13. The van der Waals surface area contributed by atoms with Gasteiger partial charge in [0.2, 0.25) is 0 Å². The highest BCUT2D eigenvalue weighted by Gasteiger charge is 2.17. The largest absolute Gasteiger partial charge is 0.493 e. The van der Waals surface area contributed by atoms with Gasteiger partial charge < -0.3 is 14.8 Å². The molecular weight excluding hydrogens is 248 g/mol. The highest BCUT2D eigenvalue weighted by molar-refractivity contribution is 5.56. The topological polar surface area (TPSA) is 73.6 Å². The number of nitrogens with one attached hydrogen (secondary N) is 1. The number of benzene rings is 1. The van der Waals surface area contributed by atoms with Gasteiger partial charge in [0.25, 0.3) is 5.69 Å². The van der Waals surface area contributed by atoms with Crippen LogP contribution in [0, 0.1) is 10.1 Å². The maximum Gasteiger partial charge on any atom is 0.275 e. The summed E-state index contributed by atoms with van der Waals surface area (Å²) in [5.41, 5.74) is 0.742. The van der Waals surface area contributed by atoms with E-state index in [0.717, 1.165) is 19.4 Å². The molecule has 1 aliphatic rings. The van der Waals surface area contributed by atoms with Crippen molar-refractivity contribution in [3.63, 3.8) is 0 Å². The van der Waals surface area contributed by atoms with Crippen LogP contribution < -0.4 is 10.1 Å². The molecule has 1 aromatic carbocycles. The molecule has 0 aliphatic carbocycles. The van der Waals surface area contributed by atoms with Crippen LogP contribution >= 0.6 is 0 Å². The normalized spacial score (nSPS) is 18.3. The summed E-state index contributed by atoms with van der Waals surface area (Å²) in [6, 6.07) is 4.98. The Balaban J connectivity index is 2.15. The summed E-state index contributed by atoms with van der Waals surface area (Å²) in [4.78, 5) is 10.5. The molecule has 1 N–H and O–H groups in total. The van der Waals surface area contributed by atoms with Crippen molar-refractivity contribution in [2.45, 2.75) is 25.8 Å². The summed E-state index contributed by atoms with van der Waals surface area (Å²) in [5.74, 6) is 0.525. The Morgan fingerprint density at radius 3 is 3.00 bits per heavy atom. The van der Waals surface area contributed by atoms with E-state index in [0.29, 0.717) is 24.7 Å². The summed E-state index contributed by atoms with van der Waals surface area (Å²) in [6.07, 6.45) is 1.77. The zero-order valence-electron chi connectivity index (χ0n) is 10.9. The van der Waals surface area contributed by atoms with Crippen LogP contribution in [-0.4, -0.2) is 30.8 Å².